The molecule has 7 nitrogen and oxygen atoms in total. The van der Waals surface area contributed by atoms with Crippen LogP contribution in [0.1, 0.15) is 23.2 Å². The first-order valence-corrected chi connectivity index (χ1v) is 8.62. The van der Waals surface area contributed by atoms with E-state index in [4.69, 9.17) is 4.74 Å². The van der Waals surface area contributed by atoms with E-state index in [0.29, 0.717) is 23.6 Å². The minimum atomic E-state index is 0.0422. The molecule has 3 aromatic rings. The van der Waals surface area contributed by atoms with Gasteiger partial charge in [-0.05, 0) is 49.2 Å². The summed E-state index contributed by atoms with van der Waals surface area (Å²) in [7, 11) is 0. The van der Waals surface area contributed by atoms with Gasteiger partial charge in [0.25, 0.3) is 5.91 Å². The number of hydrogen-bond acceptors (Lipinski definition) is 5. The number of carbonyl (C=O) groups is 1. The lowest BCUT2D eigenvalue weighted by atomic mass is 10.1. The van der Waals surface area contributed by atoms with E-state index in [9.17, 15) is 4.79 Å². The largest absolute Gasteiger partial charge is 0.456 e. The minimum absolute atomic E-state index is 0.0422. The summed E-state index contributed by atoms with van der Waals surface area (Å²) < 4.78 is 7.50. The zero-order valence-corrected chi connectivity index (χ0v) is 14.2. The molecular formula is C19H19N5O2. The molecule has 132 valence electrons. The Balaban J connectivity index is 1.44. The quantitative estimate of drug-likeness (QED) is 0.708. The summed E-state index contributed by atoms with van der Waals surface area (Å²) in [6.07, 6.45) is 8.81. The molecule has 1 fully saturated rings. The SMILES string of the molecule is O=C(c1ccc(Oc2cccnc2)cc1)N1CCC[C@H]1Cn1ccnn1. The summed E-state index contributed by atoms with van der Waals surface area (Å²) in [5.74, 6) is 1.38. The number of pyridine rings is 1. The maximum atomic E-state index is 12.9. The van der Waals surface area contributed by atoms with E-state index in [1.807, 2.05) is 35.4 Å². The van der Waals surface area contributed by atoms with Crippen molar-refractivity contribution in [2.75, 3.05) is 6.54 Å². The first kappa shape index (κ1) is 16.3. The summed E-state index contributed by atoms with van der Waals surface area (Å²) in [6, 6.07) is 11.0. The fourth-order valence-corrected chi connectivity index (χ4v) is 3.21. The molecule has 1 aromatic carbocycles. The summed E-state index contributed by atoms with van der Waals surface area (Å²) >= 11 is 0. The average molecular weight is 349 g/mol. The normalized spacial score (nSPS) is 16.6. The third-order valence-corrected chi connectivity index (χ3v) is 4.48. The number of hydrogen-bond donors (Lipinski definition) is 0. The molecule has 1 saturated heterocycles. The number of benzene rings is 1. The molecule has 0 N–H and O–H groups in total. The van der Waals surface area contributed by atoms with Gasteiger partial charge in [-0.15, -0.1) is 5.10 Å². The number of likely N-dealkylation sites (tertiary alicyclic amines) is 1. The summed E-state index contributed by atoms with van der Waals surface area (Å²) in [5, 5.41) is 7.83. The van der Waals surface area contributed by atoms with Gasteiger partial charge in [0.15, 0.2) is 0 Å². The van der Waals surface area contributed by atoms with E-state index < -0.39 is 0 Å². The fraction of sp³-hybridized carbons (Fsp3) is 0.263. The van der Waals surface area contributed by atoms with Crippen molar-refractivity contribution in [3.63, 3.8) is 0 Å². The molecule has 0 unspecified atom stereocenters. The van der Waals surface area contributed by atoms with E-state index in [2.05, 4.69) is 15.3 Å². The molecule has 1 aliphatic rings. The molecule has 4 rings (SSSR count). The van der Waals surface area contributed by atoms with Gasteiger partial charge in [-0.2, -0.15) is 0 Å². The topological polar surface area (TPSA) is 73.1 Å². The Morgan fingerprint density at radius 1 is 1.15 bits per heavy atom. The summed E-state index contributed by atoms with van der Waals surface area (Å²) in [5.41, 5.74) is 0.661. The Labute approximate surface area is 151 Å². The summed E-state index contributed by atoms with van der Waals surface area (Å²) in [4.78, 5) is 18.8. The Kier molecular flexibility index (Phi) is 4.59. The average Bonchev–Trinajstić information content (AvgIpc) is 3.35. The third kappa shape index (κ3) is 3.56. The van der Waals surface area contributed by atoms with Crippen LogP contribution in [-0.4, -0.2) is 43.4 Å². The number of carbonyl (C=O) groups excluding carboxylic acids is 1. The van der Waals surface area contributed by atoms with Gasteiger partial charge >= 0.3 is 0 Å². The minimum Gasteiger partial charge on any atom is -0.456 e. The Bertz CT molecular complexity index is 849. The van der Waals surface area contributed by atoms with Gasteiger partial charge in [-0.1, -0.05) is 5.21 Å². The second-order valence-corrected chi connectivity index (χ2v) is 6.23. The molecule has 0 spiro atoms. The molecule has 7 heteroatoms. The van der Waals surface area contributed by atoms with Crippen LogP contribution in [0.3, 0.4) is 0 Å². The van der Waals surface area contributed by atoms with Crippen molar-refractivity contribution in [2.45, 2.75) is 25.4 Å². The van der Waals surface area contributed by atoms with Crippen LogP contribution in [0.5, 0.6) is 11.5 Å². The van der Waals surface area contributed by atoms with Crippen LogP contribution >= 0.6 is 0 Å². The van der Waals surface area contributed by atoms with Gasteiger partial charge in [0, 0.05) is 24.5 Å². The van der Waals surface area contributed by atoms with E-state index >= 15 is 0 Å². The lowest BCUT2D eigenvalue weighted by Crippen LogP contribution is -2.38. The van der Waals surface area contributed by atoms with E-state index in [0.717, 1.165) is 19.4 Å². The maximum absolute atomic E-state index is 12.9. The van der Waals surface area contributed by atoms with Crippen LogP contribution in [-0.2, 0) is 6.54 Å². The Morgan fingerprint density at radius 3 is 2.77 bits per heavy atom. The van der Waals surface area contributed by atoms with Crippen LogP contribution in [0.2, 0.25) is 0 Å². The first-order valence-electron chi connectivity index (χ1n) is 8.62. The summed E-state index contributed by atoms with van der Waals surface area (Å²) in [6.45, 7) is 1.44. The van der Waals surface area contributed by atoms with E-state index in [1.54, 1.807) is 35.4 Å². The van der Waals surface area contributed by atoms with Crippen LogP contribution in [0.25, 0.3) is 0 Å². The maximum Gasteiger partial charge on any atom is 0.254 e. The number of amides is 1. The van der Waals surface area contributed by atoms with Crippen LogP contribution in [0.4, 0.5) is 0 Å². The first-order chi connectivity index (χ1) is 12.8. The van der Waals surface area contributed by atoms with E-state index in [1.165, 1.54) is 0 Å². The Morgan fingerprint density at radius 2 is 2.04 bits per heavy atom. The number of ether oxygens (including phenoxy) is 1. The van der Waals surface area contributed by atoms with Gasteiger partial charge < -0.3 is 9.64 Å². The van der Waals surface area contributed by atoms with Crippen molar-refractivity contribution in [1.82, 2.24) is 24.9 Å². The molecule has 0 radical (unpaired) electrons. The van der Waals surface area contributed by atoms with Crippen molar-refractivity contribution >= 4 is 5.91 Å². The lowest BCUT2D eigenvalue weighted by Gasteiger charge is -2.24. The molecule has 0 bridgehead atoms. The van der Waals surface area contributed by atoms with Crippen molar-refractivity contribution in [3.05, 3.63) is 66.7 Å². The van der Waals surface area contributed by atoms with Crippen molar-refractivity contribution in [2.24, 2.45) is 0 Å². The molecule has 0 aliphatic carbocycles. The van der Waals surface area contributed by atoms with Crippen LogP contribution < -0.4 is 4.74 Å². The fourth-order valence-electron chi connectivity index (χ4n) is 3.21. The number of rotatable bonds is 5. The molecule has 1 amide bonds. The van der Waals surface area contributed by atoms with Gasteiger partial charge in [0.1, 0.15) is 11.5 Å². The highest BCUT2D eigenvalue weighted by atomic mass is 16.5. The zero-order chi connectivity index (χ0) is 17.8. The Hall–Kier alpha value is -3.22. The third-order valence-electron chi connectivity index (χ3n) is 4.48. The zero-order valence-electron chi connectivity index (χ0n) is 14.2. The van der Waals surface area contributed by atoms with Gasteiger partial charge in [0.05, 0.1) is 25.0 Å². The van der Waals surface area contributed by atoms with E-state index in [-0.39, 0.29) is 11.9 Å². The number of aromatic nitrogens is 4. The van der Waals surface area contributed by atoms with Gasteiger partial charge in [-0.25, -0.2) is 0 Å². The second kappa shape index (κ2) is 7.35. The predicted molar refractivity (Wildman–Crippen MR) is 94.8 cm³/mol. The van der Waals surface area contributed by atoms with Crippen LogP contribution in [0, 0.1) is 0 Å². The highest BCUT2D eigenvalue weighted by molar-refractivity contribution is 5.94. The number of nitrogens with zero attached hydrogens (tertiary/aromatic N) is 5. The molecule has 1 atom stereocenters. The molecule has 3 heterocycles. The van der Waals surface area contributed by atoms with Crippen LogP contribution in [0.15, 0.2) is 61.2 Å². The molecule has 2 aromatic heterocycles. The van der Waals surface area contributed by atoms with Crippen molar-refractivity contribution in [3.8, 4) is 11.5 Å². The van der Waals surface area contributed by atoms with Crippen molar-refractivity contribution in [1.29, 1.82) is 0 Å². The molecule has 26 heavy (non-hydrogen) atoms. The smallest absolute Gasteiger partial charge is 0.254 e. The lowest BCUT2D eigenvalue weighted by molar-refractivity contribution is 0.0721. The molecule has 0 saturated carbocycles. The van der Waals surface area contributed by atoms with Gasteiger partial charge in [0.2, 0.25) is 0 Å². The highest BCUT2D eigenvalue weighted by Gasteiger charge is 2.29. The monoisotopic (exact) mass is 349 g/mol. The van der Waals surface area contributed by atoms with Gasteiger partial charge in [-0.3, -0.25) is 14.5 Å². The molecule has 1 aliphatic heterocycles. The van der Waals surface area contributed by atoms with Crippen molar-refractivity contribution < 1.29 is 9.53 Å². The standard InChI is InChI=1S/C19H19N5O2/c25-19(24-11-2-3-16(24)14-23-12-10-21-22-23)15-5-7-17(8-6-15)26-18-4-1-9-20-13-18/h1,4-10,12-13,16H,2-3,11,14H2/t16-/m0/s1. The predicted octanol–water partition coefficient (Wildman–Crippen LogP) is 2.77. The highest BCUT2D eigenvalue weighted by Crippen LogP contribution is 2.24. The second-order valence-electron chi connectivity index (χ2n) is 6.23. The molecular weight excluding hydrogens is 330 g/mol.